The van der Waals surface area contributed by atoms with Crippen molar-refractivity contribution in [3.8, 4) is 0 Å². The molecule has 0 radical (unpaired) electrons. The molecule has 1 nitrogen and oxygen atoms in total. The molecule has 0 unspecified atom stereocenters. The minimum Gasteiger partial charge on any atom is -0.373 e. The second-order valence-electron chi connectivity index (χ2n) is 10.6. The van der Waals surface area contributed by atoms with Crippen LogP contribution in [0.1, 0.15) is 93.4 Å². The molecule has 0 amide bonds. The lowest BCUT2D eigenvalue weighted by Crippen LogP contribution is -2.15. The van der Waals surface area contributed by atoms with E-state index in [2.05, 4.69) is 61.2 Å². The van der Waals surface area contributed by atoms with E-state index in [-0.39, 0.29) is 0 Å². The third kappa shape index (κ3) is 11.0. The highest BCUT2D eigenvalue weighted by atomic mass is 16.5. The highest BCUT2D eigenvalue weighted by Gasteiger charge is 2.20. The largest absolute Gasteiger partial charge is 0.373 e. The molecule has 0 heterocycles. The standard InChI is InChI=1S/C34H48O/c1-3-5-7-10-29-13-17-32(18-14-29)21-22-33-19-15-30(16-20-33)11-8-9-12-31-23-25-34(26-24-31)28-35-27-6-4-2/h3-4,6,15-16,19-20,23-26,29,32H,1,5,7-14,17-18,21-22,27-28H2,2H3/b6-4+. The maximum Gasteiger partial charge on any atom is 0.0721 e. The van der Waals surface area contributed by atoms with Gasteiger partial charge in [0.15, 0.2) is 0 Å². The van der Waals surface area contributed by atoms with Crippen LogP contribution in [0, 0.1) is 11.8 Å². The first-order valence-corrected chi connectivity index (χ1v) is 14.2. The fourth-order valence-electron chi connectivity index (χ4n) is 5.40. The molecule has 0 aliphatic heterocycles. The Hall–Kier alpha value is -2.12. The predicted octanol–water partition coefficient (Wildman–Crippen LogP) is 9.44. The summed E-state index contributed by atoms with van der Waals surface area (Å²) in [7, 11) is 0. The molecule has 0 spiro atoms. The van der Waals surface area contributed by atoms with Crippen LogP contribution >= 0.6 is 0 Å². The van der Waals surface area contributed by atoms with Gasteiger partial charge in [-0.1, -0.05) is 98.9 Å². The van der Waals surface area contributed by atoms with E-state index in [1.54, 1.807) is 0 Å². The number of aryl methyl sites for hydroxylation is 3. The number of rotatable bonds is 16. The number of hydrogen-bond acceptors (Lipinski definition) is 1. The third-order valence-electron chi connectivity index (χ3n) is 7.77. The SMILES string of the molecule is C=CCCCC1CCC(CCc2ccc(CCCCc3ccc(COC/C=C/C)cc3)cc2)CC1. The van der Waals surface area contributed by atoms with Crippen LogP contribution in [0.15, 0.2) is 73.3 Å². The predicted molar refractivity (Wildman–Crippen MR) is 152 cm³/mol. The molecule has 1 fully saturated rings. The molecule has 0 N–H and O–H groups in total. The van der Waals surface area contributed by atoms with Crippen molar-refractivity contribution in [2.24, 2.45) is 11.8 Å². The number of allylic oxidation sites excluding steroid dienone is 2. The van der Waals surface area contributed by atoms with Crippen molar-refractivity contribution in [2.45, 2.75) is 97.0 Å². The summed E-state index contributed by atoms with van der Waals surface area (Å²) in [6, 6.07) is 18.4. The Balaban J connectivity index is 1.26. The summed E-state index contributed by atoms with van der Waals surface area (Å²) in [6.07, 6.45) is 23.4. The van der Waals surface area contributed by atoms with E-state index in [1.807, 2.05) is 19.1 Å². The van der Waals surface area contributed by atoms with Crippen molar-refractivity contribution in [2.75, 3.05) is 6.61 Å². The van der Waals surface area contributed by atoms with E-state index in [0.29, 0.717) is 13.2 Å². The average Bonchev–Trinajstić information content (AvgIpc) is 2.90. The van der Waals surface area contributed by atoms with Gasteiger partial charge in [-0.05, 0) is 92.4 Å². The fraction of sp³-hybridized carbons (Fsp3) is 0.529. The lowest BCUT2D eigenvalue weighted by Gasteiger charge is -2.28. The van der Waals surface area contributed by atoms with E-state index < -0.39 is 0 Å². The quantitative estimate of drug-likeness (QED) is 0.175. The molecule has 1 heteroatoms. The van der Waals surface area contributed by atoms with Gasteiger partial charge in [0.1, 0.15) is 0 Å². The Morgan fingerprint density at radius 2 is 1.23 bits per heavy atom. The van der Waals surface area contributed by atoms with Gasteiger partial charge in [-0.3, -0.25) is 0 Å². The van der Waals surface area contributed by atoms with Crippen LogP contribution < -0.4 is 0 Å². The van der Waals surface area contributed by atoms with Gasteiger partial charge in [0.2, 0.25) is 0 Å². The average molecular weight is 473 g/mol. The van der Waals surface area contributed by atoms with Crippen LogP contribution in [0.2, 0.25) is 0 Å². The van der Waals surface area contributed by atoms with Crippen molar-refractivity contribution in [1.82, 2.24) is 0 Å². The first-order chi connectivity index (χ1) is 17.3. The topological polar surface area (TPSA) is 9.23 Å². The summed E-state index contributed by atoms with van der Waals surface area (Å²) in [5.41, 5.74) is 5.70. The third-order valence-corrected chi connectivity index (χ3v) is 7.77. The molecular weight excluding hydrogens is 424 g/mol. The van der Waals surface area contributed by atoms with E-state index in [0.717, 1.165) is 18.3 Å². The van der Waals surface area contributed by atoms with Crippen LogP contribution in [-0.2, 0) is 30.6 Å². The summed E-state index contributed by atoms with van der Waals surface area (Å²) in [5, 5.41) is 0. The zero-order valence-corrected chi connectivity index (χ0v) is 22.2. The van der Waals surface area contributed by atoms with Crippen LogP contribution in [0.25, 0.3) is 0 Å². The number of hydrogen-bond donors (Lipinski definition) is 0. The first-order valence-electron chi connectivity index (χ1n) is 14.2. The van der Waals surface area contributed by atoms with E-state index in [4.69, 9.17) is 4.74 Å². The summed E-state index contributed by atoms with van der Waals surface area (Å²) in [5.74, 6) is 1.93. The Morgan fingerprint density at radius 1 is 0.714 bits per heavy atom. The Bertz CT molecular complexity index is 837. The van der Waals surface area contributed by atoms with Gasteiger partial charge in [0.05, 0.1) is 13.2 Å². The summed E-state index contributed by atoms with van der Waals surface area (Å²) in [6.45, 7) is 7.26. The smallest absolute Gasteiger partial charge is 0.0721 e. The molecule has 0 aromatic heterocycles. The molecule has 0 saturated heterocycles. The van der Waals surface area contributed by atoms with Crippen LogP contribution in [0.3, 0.4) is 0 Å². The minimum absolute atomic E-state index is 0.692. The Morgan fingerprint density at radius 3 is 1.77 bits per heavy atom. The summed E-state index contributed by atoms with van der Waals surface area (Å²) >= 11 is 0. The van der Waals surface area contributed by atoms with Gasteiger partial charge < -0.3 is 4.74 Å². The van der Waals surface area contributed by atoms with Crippen molar-refractivity contribution in [3.63, 3.8) is 0 Å². The minimum atomic E-state index is 0.692. The molecule has 1 aliphatic carbocycles. The van der Waals surface area contributed by atoms with Gasteiger partial charge in [0, 0.05) is 0 Å². The van der Waals surface area contributed by atoms with E-state index in [9.17, 15) is 0 Å². The van der Waals surface area contributed by atoms with Gasteiger partial charge in [-0.2, -0.15) is 0 Å². The van der Waals surface area contributed by atoms with Crippen LogP contribution in [0.4, 0.5) is 0 Å². The molecule has 190 valence electrons. The van der Waals surface area contributed by atoms with E-state index in [1.165, 1.54) is 99.3 Å². The second-order valence-corrected chi connectivity index (χ2v) is 10.6. The number of unbranched alkanes of at least 4 members (excludes halogenated alkanes) is 2. The maximum atomic E-state index is 5.63. The molecule has 35 heavy (non-hydrogen) atoms. The molecule has 1 aliphatic rings. The van der Waals surface area contributed by atoms with Gasteiger partial charge in [-0.25, -0.2) is 0 Å². The Labute approximate surface area is 215 Å². The number of ether oxygens (including phenoxy) is 1. The molecule has 3 rings (SSSR count). The zero-order chi connectivity index (χ0) is 24.6. The molecule has 2 aromatic rings. The van der Waals surface area contributed by atoms with Gasteiger partial charge >= 0.3 is 0 Å². The molecule has 0 atom stereocenters. The first kappa shape index (κ1) is 27.5. The highest BCUT2D eigenvalue weighted by molar-refractivity contribution is 5.24. The fourth-order valence-corrected chi connectivity index (χ4v) is 5.40. The van der Waals surface area contributed by atoms with Gasteiger partial charge in [0.25, 0.3) is 0 Å². The normalized spacial score (nSPS) is 18.2. The molecule has 0 bridgehead atoms. The lowest BCUT2D eigenvalue weighted by atomic mass is 9.78. The molecule has 1 saturated carbocycles. The Kier molecular flexibility index (Phi) is 13.0. The zero-order valence-electron chi connectivity index (χ0n) is 22.2. The van der Waals surface area contributed by atoms with E-state index >= 15 is 0 Å². The molecular formula is C34H48O. The molecule has 2 aromatic carbocycles. The summed E-state index contributed by atoms with van der Waals surface area (Å²) in [4.78, 5) is 0. The lowest BCUT2D eigenvalue weighted by molar-refractivity contribution is 0.148. The monoisotopic (exact) mass is 472 g/mol. The summed E-state index contributed by atoms with van der Waals surface area (Å²) < 4.78 is 5.63. The van der Waals surface area contributed by atoms with Crippen molar-refractivity contribution in [3.05, 3.63) is 95.6 Å². The van der Waals surface area contributed by atoms with Gasteiger partial charge in [-0.15, -0.1) is 6.58 Å². The van der Waals surface area contributed by atoms with Crippen LogP contribution in [0.5, 0.6) is 0 Å². The highest BCUT2D eigenvalue weighted by Crippen LogP contribution is 2.34. The van der Waals surface area contributed by atoms with Crippen molar-refractivity contribution >= 4 is 0 Å². The second kappa shape index (κ2) is 16.5. The van der Waals surface area contributed by atoms with Crippen LogP contribution in [-0.4, -0.2) is 6.61 Å². The van der Waals surface area contributed by atoms with Crippen molar-refractivity contribution < 1.29 is 4.74 Å². The number of benzene rings is 2. The maximum absolute atomic E-state index is 5.63. The van der Waals surface area contributed by atoms with Crippen molar-refractivity contribution in [1.29, 1.82) is 0 Å².